The second-order valence-corrected chi connectivity index (χ2v) is 5.93. The van der Waals surface area contributed by atoms with Gasteiger partial charge in [0.05, 0.1) is 11.9 Å². The summed E-state index contributed by atoms with van der Waals surface area (Å²) in [4.78, 5) is 18.5. The van der Waals surface area contributed by atoms with Crippen LogP contribution < -0.4 is 20.1 Å². The number of nitrogens with one attached hydrogen (secondary N) is 3. The number of quaternary nitrogens is 1. The Morgan fingerprint density at radius 3 is 2.56 bits per heavy atom. The standard InChI is InChI=1S/C17H17F3N4O/c18-12-4-5-13(17(20)16(12)19)22-15(25)11-23-7-9-24(10-8-23)14-3-1-2-6-21-14/h1-6H,7-11H2,(H,22,25)/p+2. The first-order valence-electron chi connectivity index (χ1n) is 8.03. The van der Waals surface area contributed by atoms with Crippen molar-refractivity contribution in [2.45, 2.75) is 0 Å². The van der Waals surface area contributed by atoms with Gasteiger partial charge < -0.3 is 10.2 Å². The van der Waals surface area contributed by atoms with Gasteiger partial charge in [0.1, 0.15) is 26.2 Å². The van der Waals surface area contributed by atoms with Crippen molar-refractivity contribution in [3.63, 3.8) is 0 Å². The lowest BCUT2D eigenvalue weighted by molar-refractivity contribution is -0.892. The van der Waals surface area contributed by atoms with Gasteiger partial charge in [0, 0.05) is 6.07 Å². The van der Waals surface area contributed by atoms with Gasteiger partial charge in [-0.05, 0) is 18.2 Å². The number of rotatable bonds is 4. The van der Waals surface area contributed by atoms with Crippen LogP contribution >= 0.6 is 0 Å². The normalized spacial score (nSPS) is 15.2. The molecule has 1 fully saturated rings. The molecule has 3 rings (SSSR count). The first-order chi connectivity index (χ1) is 12.0. The van der Waals surface area contributed by atoms with E-state index in [0.29, 0.717) is 0 Å². The van der Waals surface area contributed by atoms with Gasteiger partial charge in [-0.15, -0.1) is 0 Å². The van der Waals surface area contributed by atoms with Gasteiger partial charge in [0.2, 0.25) is 0 Å². The zero-order valence-corrected chi connectivity index (χ0v) is 13.5. The van der Waals surface area contributed by atoms with Crippen LogP contribution in [0.15, 0.2) is 36.5 Å². The Labute approximate surface area is 143 Å². The average molecular weight is 352 g/mol. The maximum Gasteiger partial charge on any atom is 0.279 e. The molecule has 1 aromatic carbocycles. The number of carbonyl (C=O) groups excluding carboxylic acids is 1. The lowest BCUT2D eigenvalue weighted by Gasteiger charge is -2.27. The summed E-state index contributed by atoms with van der Waals surface area (Å²) in [5.41, 5.74) is -0.346. The third kappa shape index (κ3) is 4.08. The molecular formula is C17H19F3N4O+2. The molecule has 0 unspecified atom stereocenters. The zero-order chi connectivity index (χ0) is 17.8. The highest BCUT2D eigenvalue weighted by molar-refractivity contribution is 5.91. The highest BCUT2D eigenvalue weighted by Crippen LogP contribution is 2.19. The van der Waals surface area contributed by atoms with Crippen LogP contribution in [0.2, 0.25) is 0 Å². The molecule has 0 spiro atoms. The van der Waals surface area contributed by atoms with Crippen LogP contribution in [-0.2, 0) is 4.79 Å². The van der Waals surface area contributed by atoms with Gasteiger partial charge in [-0.1, -0.05) is 6.07 Å². The molecule has 5 nitrogen and oxygen atoms in total. The molecule has 0 atom stereocenters. The van der Waals surface area contributed by atoms with Crippen molar-refractivity contribution in [3.05, 3.63) is 54.0 Å². The van der Waals surface area contributed by atoms with E-state index >= 15 is 0 Å². The first-order valence-corrected chi connectivity index (χ1v) is 8.03. The molecule has 8 heteroatoms. The Balaban J connectivity index is 1.52. The number of piperazine rings is 1. The Bertz CT molecular complexity index is 749. The maximum atomic E-state index is 13.6. The second-order valence-electron chi connectivity index (χ2n) is 5.93. The van der Waals surface area contributed by atoms with E-state index in [2.05, 4.69) is 15.2 Å². The summed E-state index contributed by atoms with van der Waals surface area (Å²) in [6, 6.07) is 7.66. The van der Waals surface area contributed by atoms with Gasteiger partial charge in [-0.25, -0.2) is 18.2 Å². The summed E-state index contributed by atoms with van der Waals surface area (Å²) in [5, 5.41) is 2.31. The summed E-state index contributed by atoms with van der Waals surface area (Å²) in [5.74, 6) is -3.66. The predicted octanol–water partition coefficient (Wildman–Crippen LogP) is 0.262. The molecule has 3 N–H and O–H groups in total. The lowest BCUT2D eigenvalue weighted by atomic mass is 10.2. The van der Waals surface area contributed by atoms with Crippen LogP contribution in [0.1, 0.15) is 0 Å². The van der Waals surface area contributed by atoms with Gasteiger partial charge in [-0.2, -0.15) is 0 Å². The number of hydrogen-bond acceptors (Lipinski definition) is 2. The zero-order valence-electron chi connectivity index (χ0n) is 13.5. The fourth-order valence-corrected chi connectivity index (χ4v) is 2.87. The Morgan fingerprint density at radius 1 is 1.12 bits per heavy atom. The van der Waals surface area contributed by atoms with Gasteiger partial charge in [-0.3, -0.25) is 9.69 Å². The SMILES string of the molecule is O=C(C[NH+]1CCN(c2cccc[nH+]2)CC1)Nc1ccc(F)c(F)c1F. The first kappa shape index (κ1) is 17.2. The van der Waals surface area contributed by atoms with Crippen LogP contribution in [-0.4, -0.2) is 38.6 Å². The maximum absolute atomic E-state index is 13.6. The minimum absolute atomic E-state index is 0.144. The van der Waals surface area contributed by atoms with E-state index < -0.39 is 23.4 Å². The van der Waals surface area contributed by atoms with Crippen LogP contribution in [0.5, 0.6) is 0 Å². The van der Waals surface area contributed by atoms with Crippen molar-refractivity contribution in [1.29, 1.82) is 0 Å². The van der Waals surface area contributed by atoms with Crippen molar-refractivity contribution >= 4 is 17.4 Å². The molecule has 0 saturated carbocycles. The smallest absolute Gasteiger partial charge is 0.279 e. The fourth-order valence-electron chi connectivity index (χ4n) is 2.87. The fraction of sp³-hybridized carbons (Fsp3) is 0.294. The van der Waals surface area contributed by atoms with E-state index in [1.54, 1.807) is 0 Å². The highest BCUT2D eigenvalue weighted by Gasteiger charge is 2.27. The largest absolute Gasteiger partial charge is 0.321 e. The van der Waals surface area contributed by atoms with Crippen LogP contribution in [0.25, 0.3) is 0 Å². The number of carbonyl (C=O) groups is 1. The van der Waals surface area contributed by atoms with Crippen molar-refractivity contribution in [1.82, 2.24) is 0 Å². The number of amides is 1. The monoisotopic (exact) mass is 352 g/mol. The van der Waals surface area contributed by atoms with Gasteiger partial charge in [0.15, 0.2) is 24.0 Å². The molecule has 1 aliphatic rings. The molecule has 0 radical (unpaired) electrons. The molecular weight excluding hydrogens is 333 g/mol. The number of halogens is 3. The molecule has 2 aromatic rings. The number of H-pyrrole nitrogens is 1. The number of aromatic amines is 1. The summed E-state index contributed by atoms with van der Waals surface area (Å²) < 4.78 is 39.7. The average Bonchev–Trinajstić information content (AvgIpc) is 2.63. The topological polar surface area (TPSA) is 50.9 Å². The molecule has 1 amide bonds. The number of hydrogen-bond donors (Lipinski definition) is 2. The molecule has 1 aliphatic heterocycles. The van der Waals surface area contributed by atoms with Crippen molar-refractivity contribution in [2.75, 3.05) is 42.9 Å². The van der Waals surface area contributed by atoms with Crippen molar-refractivity contribution in [3.8, 4) is 0 Å². The number of nitrogens with zero attached hydrogens (tertiary/aromatic N) is 1. The molecule has 2 heterocycles. The Morgan fingerprint density at radius 2 is 1.88 bits per heavy atom. The third-order valence-electron chi connectivity index (χ3n) is 4.22. The Hall–Kier alpha value is -2.61. The quantitative estimate of drug-likeness (QED) is 0.776. The molecule has 0 aliphatic carbocycles. The highest BCUT2D eigenvalue weighted by atomic mass is 19.2. The van der Waals surface area contributed by atoms with E-state index in [4.69, 9.17) is 0 Å². The minimum Gasteiger partial charge on any atom is -0.321 e. The molecule has 0 bridgehead atoms. The van der Waals surface area contributed by atoms with E-state index in [9.17, 15) is 18.0 Å². The Kier molecular flexibility index (Phi) is 5.18. The lowest BCUT2D eigenvalue weighted by Crippen LogP contribution is -3.15. The van der Waals surface area contributed by atoms with E-state index in [0.717, 1.165) is 49.0 Å². The number of pyridine rings is 1. The van der Waals surface area contributed by atoms with Crippen molar-refractivity contribution < 1.29 is 27.8 Å². The van der Waals surface area contributed by atoms with E-state index in [-0.39, 0.29) is 12.2 Å². The van der Waals surface area contributed by atoms with Crippen LogP contribution in [0, 0.1) is 17.5 Å². The number of benzene rings is 1. The summed E-state index contributed by atoms with van der Waals surface area (Å²) in [6.07, 6.45) is 1.86. The van der Waals surface area contributed by atoms with Crippen molar-refractivity contribution in [2.24, 2.45) is 0 Å². The van der Waals surface area contributed by atoms with Crippen LogP contribution in [0.3, 0.4) is 0 Å². The van der Waals surface area contributed by atoms with Crippen LogP contribution in [0.4, 0.5) is 24.7 Å². The third-order valence-corrected chi connectivity index (χ3v) is 4.22. The minimum atomic E-state index is -1.59. The van der Waals surface area contributed by atoms with E-state index in [1.807, 2.05) is 24.4 Å². The molecule has 1 saturated heterocycles. The van der Waals surface area contributed by atoms with E-state index in [1.165, 1.54) is 0 Å². The summed E-state index contributed by atoms with van der Waals surface area (Å²) in [7, 11) is 0. The summed E-state index contributed by atoms with van der Waals surface area (Å²) >= 11 is 0. The molecule has 25 heavy (non-hydrogen) atoms. The van der Waals surface area contributed by atoms with Gasteiger partial charge in [0.25, 0.3) is 11.7 Å². The summed E-state index contributed by atoms with van der Waals surface area (Å²) in [6.45, 7) is 3.20. The second kappa shape index (κ2) is 7.52. The predicted molar refractivity (Wildman–Crippen MR) is 85.7 cm³/mol. The van der Waals surface area contributed by atoms with Gasteiger partial charge >= 0.3 is 0 Å². The number of anilines is 2. The molecule has 132 valence electrons. The molecule has 1 aromatic heterocycles. The number of aromatic nitrogens is 1.